The molecule has 0 saturated carbocycles. The normalized spacial score (nSPS) is 13.1. The molecule has 0 atom stereocenters. The third-order valence-corrected chi connectivity index (χ3v) is 10.2. The molecule has 0 aromatic rings. The van der Waals surface area contributed by atoms with E-state index in [2.05, 4.69) is 20.0 Å². The van der Waals surface area contributed by atoms with Crippen molar-refractivity contribution in [1.82, 2.24) is 0 Å². The second kappa shape index (κ2) is 8.42. The smallest absolute Gasteiger partial charge is 0.374 e. The van der Waals surface area contributed by atoms with Crippen LogP contribution >= 0.6 is 0 Å². The van der Waals surface area contributed by atoms with Crippen molar-refractivity contribution in [2.75, 3.05) is 19.8 Å². The van der Waals surface area contributed by atoms with Crippen LogP contribution in [0.5, 0.6) is 0 Å². The third kappa shape index (κ3) is 6.71. The highest BCUT2D eigenvalue weighted by Crippen LogP contribution is 2.25. The fraction of sp³-hybridized carbons (Fsp3) is 1.00. The maximum Gasteiger partial charge on any atom is 0.500 e. The van der Waals surface area contributed by atoms with Crippen LogP contribution in [0.2, 0.25) is 31.2 Å². The van der Waals surface area contributed by atoms with Crippen LogP contribution in [-0.4, -0.2) is 36.7 Å². The van der Waals surface area contributed by atoms with Gasteiger partial charge in [-0.3, -0.25) is 0 Å². The largest absolute Gasteiger partial charge is 0.500 e. The predicted octanol–water partition coefficient (Wildman–Crippen LogP) is 3.76. The van der Waals surface area contributed by atoms with Gasteiger partial charge in [-0.25, -0.2) is 0 Å². The minimum Gasteiger partial charge on any atom is -0.374 e. The van der Waals surface area contributed by atoms with Crippen LogP contribution in [0.3, 0.4) is 0 Å². The van der Waals surface area contributed by atoms with E-state index in [0.717, 1.165) is 6.04 Å². The van der Waals surface area contributed by atoms with Crippen LogP contribution in [0.4, 0.5) is 0 Å². The molecule has 17 heavy (non-hydrogen) atoms. The Kier molecular flexibility index (Phi) is 8.58. The van der Waals surface area contributed by atoms with Gasteiger partial charge >= 0.3 is 8.80 Å². The van der Waals surface area contributed by atoms with E-state index >= 15 is 0 Å². The standard InChI is InChI=1S/C12H30O3Si2/c1-7-13-17(14-8-2,15-9-3)12-11-16(5,6)10-4/h7-12H2,1-6H3. The van der Waals surface area contributed by atoms with E-state index in [9.17, 15) is 0 Å². The van der Waals surface area contributed by atoms with E-state index in [1.807, 2.05) is 20.8 Å². The Hall–Kier alpha value is 0.314. The summed E-state index contributed by atoms with van der Waals surface area (Å²) < 4.78 is 17.6. The van der Waals surface area contributed by atoms with Crippen molar-refractivity contribution in [3.05, 3.63) is 0 Å². The van der Waals surface area contributed by atoms with E-state index in [0.29, 0.717) is 19.8 Å². The first-order valence-corrected chi connectivity index (χ1v) is 12.2. The summed E-state index contributed by atoms with van der Waals surface area (Å²) in [4.78, 5) is 0. The minimum absolute atomic E-state index is 0.681. The number of hydrogen-bond donors (Lipinski definition) is 0. The summed E-state index contributed by atoms with van der Waals surface area (Å²) in [5.74, 6) is 0. The number of rotatable bonds is 10. The Morgan fingerprint density at radius 2 is 1.12 bits per heavy atom. The monoisotopic (exact) mass is 278 g/mol. The molecular formula is C12H30O3Si2. The van der Waals surface area contributed by atoms with Crippen molar-refractivity contribution in [2.45, 2.75) is 58.9 Å². The van der Waals surface area contributed by atoms with Crippen LogP contribution < -0.4 is 0 Å². The maximum atomic E-state index is 5.87. The fourth-order valence-electron chi connectivity index (χ4n) is 1.67. The molecule has 3 nitrogen and oxygen atoms in total. The maximum absolute atomic E-state index is 5.87. The highest BCUT2D eigenvalue weighted by atomic mass is 28.4. The van der Waals surface area contributed by atoms with Gasteiger partial charge in [-0.05, 0) is 20.8 Å². The summed E-state index contributed by atoms with van der Waals surface area (Å²) in [6.07, 6.45) is 0. The predicted molar refractivity (Wildman–Crippen MR) is 78.2 cm³/mol. The molecule has 0 aliphatic heterocycles. The third-order valence-electron chi connectivity index (χ3n) is 3.16. The van der Waals surface area contributed by atoms with Crippen molar-refractivity contribution in [1.29, 1.82) is 0 Å². The van der Waals surface area contributed by atoms with Gasteiger partial charge in [-0.15, -0.1) is 0 Å². The van der Waals surface area contributed by atoms with Gasteiger partial charge in [-0.2, -0.15) is 0 Å². The molecule has 0 aromatic carbocycles. The second-order valence-corrected chi connectivity index (χ2v) is 13.3. The summed E-state index contributed by atoms with van der Waals surface area (Å²) in [5, 5.41) is 0. The van der Waals surface area contributed by atoms with E-state index in [-0.39, 0.29) is 0 Å². The summed E-state index contributed by atoms with van der Waals surface area (Å²) >= 11 is 0. The average molecular weight is 279 g/mol. The summed E-state index contributed by atoms with van der Waals surface area (Å²) in [7, 11) is -3.47. The summed E-state index contributed by atoms with van der Waals surface area (Å²) in [5.41, 5.74) is 0. The molecule has 0 saturated heterocycles. The van der Waals surface area contributed by atoms with Gasteiger partial charge in [0.25, 0.3) is 0 Å². The Morgan fingerprint density at radius 1 is 0.706 bits per heavy atom. The molecule has 0 bridgehead atoms. The first-order chi connectivity index (χ1) is 7.95. The zero-order valence-electron chi connectivity index (χ0n) is 12.5. The summed E-state index contributed by atoms with van der Waals surface area (Å²) in [6, 6.07) is 3.52. The molecule has 0 unspecified atom stereocenters. The molecular weight excluding hydrogens is 248 g/mol. The van der Waals surface area contributed by atoms with Crippen molar-refractivity contribution in [3.8, 4) is 0 Å². The van der Waals surface area contributed by atoms with Crippen LogP contribution in [0.1, 0.15) is 27.7 Å². The molecule has 0 radical (unpaired) electrons. The van der Waals surface area contributed by atoms with Gasteiger partial charge in [-0.1, -0.05) is 32.1 Å². The van der Waals surface area contributed by atoms with Crippen LogP contribution in [0, 0.1) is 0 Å². The fourth-order valence-corrected chi connectivity index (χ4v) is 7.96. The molecule has 0 aliphatic carbocycles. The van der Waals surface area contributed by atoms with Crippen LogP contribution in [0.15, 0.2) is 0 Å². The molecule has 5 heteroatoms. The van der Waals surface area contributed by atoms with Crippen LogP contribution in [-0.2, 0) is 13.3 Å². The lowest BCUT2D eigenvalue weighted by Gasteiger charge is -2.31. The molecule has 0 N–H and O–H groups in total. The molecule has 0 aromatic heterocycles. The minimum atomic E-state index is -2.39. The molecule has 0 heterocycles. The molecule has 104 valence electrons. The first-order valence-electron chi connectivity index (χ1n) is 6.87. The Bertz CT molecular complexity index is 181. The molecule has 0 rings (SSSR count). The van der Waals surface area contributed by atoms with Crippen LogP contribution in [0.25, 0.3) is 0 Å². The van der Waals surface area contributed by atoms with Gasteiger partial charge < -0.3 is 13.3 Å². The molecule has 0 aliphatic rings. The average Bonchev–Trinajstić information content (AvgIpc) is 2.28. The van der Waals surface area contributed by atoms with Crippen molar-refractivity contribution >= 4 is 16.9 Å². The zero-order chi connectivity index (χ0) is 13.4. The van der Waals surface area contributed by atoms with E-state index in [4.69, 9.17) is 13.3 Å². The zero-order valence-corrected chi connectivity index (χ0v) is 14.5. The van der Waals surface area contributed by atoms with E-state index in [1.54, 1.807) is 0 Å². The molecule has 0 fully saturated rings. The quantitative estimate of drug-likeness (QED) is 0.569. The van der Waals surface area contributed by atoms with Crippen molar-refractivity contribution in [2.24, 2.45) is 0 Å². The molecule has 0 amide bonds. The second-order valence-electron chi connectivity index (χ2n) is 5.00. The Balaban J connectivity index is 4.53. The Labute approximate surface area is 109 Å². The van der Waals surface area contributed by atoms with E-state index < -0.39 is 16.9 Å². The van der Waals surface area contributed by atoms with Gasteiger partial charge in [0.2, 0.25) is 0 Å². The SMILES string of the molecule is CCO[Si](CC[Si](C)(C)CC)(OCC)OCC. The lowest BCUT2D eigenvalue weighted by atomic mass is 10.9. The van der Waals surface area contributed by atoms with Gasteiger partial charge in [0, 0.05) is 33.9 Å². The van der Waals surface area contributed by atoms with Gasteiger partial charge in [0.1, 0.15) is 0 Å². The highest BCUT2D eigenvalue weighted by Gasteiger charge is 2.41. The van der Waals surface area contributed by atoms with Gasteiger partial charge in [0.15, 0.2) is 0 Å². The lowest BCUT2D eigenvalue weighted by Crippen LogP contribution is -2.47. The van der Waals surface area contributed by atoms with Crippen molar-refractivity contribution < 1.29 is 13.3 Å². The van der Waals surface area contributed by atoms with E-state index in [1.165, 1.54) is 12.1 Å². The Morgan fingerprint density at radius 3 is 1.41 bits per heavy atom. The topological polar surface area (TPSA) is 27.7 Å². The molecule has 0 spiro atoms. The number of hydrogen-bond acceptors (Lipinski definition) is 3. The van der Waals surface area contributed by atoms with Crippen molar-refractivity contribution in [3.63, 3.8) is 0 Å². The highest BCUT2D eigenvalue weighted by molar-refractivity contribution is 6.78. The van der Waals surface area contributed by atoms with Gasteiger partial charge in [0.05, 0.1) is 0 Å². The first kappa shape index (κ1) is 17.3. The summed E-state index contributed by atoms with van der Waals surface area (Å²) in [6.45, 7) is 15.2. The lowest BCUT2D eigenvalue weighted by molar-refractivity contribution is 0.0725.